The van der Waals surface area contributed by atoms with E-state index in [1.54, 1.807) is 22.1 Å². The number of carbonyl (C=O) groups is 2. The molecule has 0 spiro atoms. The van der Waals surface area contributed by atoms with E-state index in [4.69, 9.17) is 11.6 Å². The number of nitrogens with zero attached hydrogens (tertiary/aromatic N) is 4. The fourth-order valence-corrected chi connectivity index (χ4v) is 4.33. The van der Waals surface area contributed by atoms with Crippen molar-refractivity contribution in [2.24, 2.45) is 0 Å². The van der Waals surface area contributed by atoms with Crippen molar-refractivity contribution >= 4 is 35.2 Å². The van der Waals surface area contributed by atoms with Gasteiger partial charge in [-0.2, -0.15) is 0 Å². The molecule has 160 valence electrons. The summed E-state index contributed by atoms with van der Waals surface area (Å²) in [5, 5.41) is 0.931. The summed E-state index contributed by atoms with van der Waals surface area (Å²) in [4.78, 5) is 33.4. The smallest absolute Gasteiger partial charge is 0.255 e. The van der Waals surface area contributed by atoms with Crippen molar-refractivity contribution in [1.82, 2.24) is 19.4 Å². The minimum Gasteiger partial charge on any atom is -0.335 e. The van der Waals surface area contributed by atoms with E-state index in [-0.39, 0.29) is 22.4 Å². The van der Waals surface area contributed by atoms with Crippen LogP contribution in [0.5, 0.6) is 0 Å². The van der Waals surface area contributed by atoms with Crippen LogP contribution in [0.1, 0.15) is 20.7 Å². The monoisotopic (exact) mass is 458 g/mol. The van der Waals surface area contributed by atoms with Crippen LogP contribution < -0.4 is 0 Å². The highest BCUT2D eigenvalue weighted by molar-refractivity contribution is 7.98. The molecule has 1 aliphatic rings. The number of rotatable bonds is 4. The quantitative estimate of drug-likeness (QED) is 0.555. The van der Waals surface area contributed by atoms with Crippen LogP contribution in [-0.4, -0.2) is 63.6 Å². The van der Waals surface area contributed by atoms with E-state index in [0.717, 1.165) is 16.9 Å². The molecule has 6 nitrogen and oxygen atoms in total. The topological polar surface area (TPSA) is 58.4 Å². The zero-order chi connectivity index (χ0) is 22.0. The normalized spacial score (nSPS) is 14.0. The molecule has 2 amide bonds. The van der Waals surface area contributed by atoms with Gasteiger partial charge in [-0.1, -0.05) is 29.4 Å². The van der Waals surface area contributed by atoms with E-state index in [1.807, 2.05) is 35.2 Å². The summed E-state index contributed by atoms with van der Waals surface area (Å²) in [6.45, 7) is 1.59. The van der Waals surface area contributed by atoms with Gasteiger partial charge in [0, 0.05) is 49.8 Å². The van der Waals surface area contributed by atoms with Crippen molar-refractivity contribution in [1.29, 1.82) is 0 Å². The standard InChI is InChI=1S/C22H20ClFN4O2S/c1-31-22-25-7-8-28(22)17-4-2-3-15(13-17)20(29)26-9-11-27(12-10-26)21(30)18-6-5-16(24)14-19(18)23/h2-8,13-14H,9-12H2,1H3. The predicted octanol–water partition coefficient (Wildman–Crippen LogP) is 3.98. The second-order valence-electron chi connectivity index (χ2n) is 7.04. The van der Waals surface area contributed by atoms with Crippen LogP contribution in [0, 0.1) is 5.82 Å². The Morgan fingerprint density at radius 2 is 1.74 bits per heavy atom. The van der Waals surface area contributed by atoms with Crippen LogP contribution in [0.3, 0.4) is 0 Å². The molecule has 2 aromatic carbocycles. The first kappa shape index (κ1) is 21.4. The molecule has 1 aliphatic heterocycles. The molecule has 1 saturated heterocycles. The average molecular weight is 459 g/mol. The van der Waals surface area contributed by atoms with Crippen LogP contribution in [0.4, 0.5) is 4.39 Å². The summed E-state index contributed by atoms with van der Waals surface area (Å²) in [5.74, 6) is -0.831. The van der Waals surface area contributed by atoms with Gasteiger partial charge in [0.15, 0.2) is 5.16 Å². The van der Waals surface area contributed by atoms with Crippen LogP contribution >= 0.6 is 23.4 Å². The van der Waals surface area contributed by atoms with Gasteiger partial charge in [0.2, 0.25) is 0 Å². The molecule has 0 atom stereocenters. The lowest BCUT2D eigenvalue weighted by Gasteiger charge is -2.35. The van der Waals surface area contributed by atoms with Gasteiger partial charge in [-0.25, -0.2) is 9.37 Å². The third kappa shape index (κ3) is 4.45. The molecule has 9 heteroatoms. The Bertz CT molecular complexity index is 1130. The molecule has 1 aromatic heterocycles. The van der Waals surface area contributed by atoms with Crippen molar-refractivity contribution in [3.8, 4) is 5.69 Å². The highest BCUT2D eigenvalue weighted by Crippen LogP contribution is 2.22. The van der Waals surface area contributed by atoms with Gasteiger partial charge in [-0.3, -0.25) is 14.2 Å². The molecule has 4 rings (SSSR count). The molecule has 0 radical (unpaired) electrons. The molecule has 0 N–H and O–H groups in total. The van der Waals surface area contributed by atoms with Gasteiger partial charge in [0.05, 0.1) is 10.6 Å². The molecule has 3 aromatic rings. The number of aromatic nitrogens is 2. The number of carbonyl (C=O) groups excluding carboxylic acids is 2. The number of piperazine rings is 1. The van der Waals surface area contributed by atoms with Crippen LogP contribution in [0.15, 0.2) is 60.0 Å². The second-order valence-corrected chi connectivity index (χ2v) is 8.22. The van der Waals surface area contributed by atoms with E-state index >= 15 is 0 Å². The molecule has 0 saturated carbocycles. The lowest BCUT2D eigenvalue weighted by atomic mass is 10.1. The fraction of sp³-hybridized carbons (Fsp3) is 0.227. The first-order valence-corrected chi connectivity index (χ1v) is 11.3. The van der Waals surface area contributed by atoms with Crippen molar-refractivity contribution in [2.75, 3.05) is 32.4 Å². The summed E-state index contributed by atoms with van der Waals surface area (Å²) in [7, 11) is 0. The number of thioether (sulfide) groups is 1. The summed E-state index contributed by atoms with van der Waals surface area (Å²) in [6, 6.07) is 11.2. The van der Waals surface area contributed by atoms with Crippen molar-refractivity contribution < 1.29 is 14.0 Å². The van der Waals surface area contributed by atoms with Gasteiger partial charge in [0.1, 0.15) is 5.82 Å². The lowest BCUT2D eigenvalue weighted by Crippen LogP contribution is -2.50. The Kier molecular flexibility index (Phi) is 6.29. The maximum atomic E-state index is 13.3. The molecule has 1 fully saturated rings. The van der Waals surface area contributed by atoms with Crippen molar-refractivity contribution in [3.63, 3.8) is 0 Å². The molecule has 31 heavy (non-hydrogen) atoms. The average Bonchev–Trinajstić information content (AvgIpc) is 3.27. The SMILES string of the molecule is CSc1nccn1-c1cccc(C(=O)N2CCN(C(=O)c3ccc(F)cc3Cl)CC2)c1. The van der Waals surface area contributed by atoms with Crippen LogP contribution in [-0.2, 0) is 0 Å². The lowest BCUT2D eigenvalue weighted by molar-refractivity contribution is 0.0535. The van der Waals surface area contributed by atoms with Crippen molar-refractivity contribution in [3.05, 3.63) is 76.8 Å². The first-order valence-electron chi connectivity index (χ1n) is 9.69. The summed E-state index contributed by atoms with van der Waals surface area (Å²) in [6.07, 6.45) is 5.54. The molecular weight excluding hydrogens is 439 g/mol. The minimum absolute atomic E-state index is 0.0837. The van der Waals surface area contributed by atoms with Gasteiger partial charge < -0.3 is 9.80 Å². The first-order chi connectivity index (χ1) is 15.0. The zero-order valence-electron chi connectivity index (χ0n) is 16.8. The number of hydrogen-bond donors (Lipinski definition) is 0. The Morgan fingerprint density at radius 3 is 2.42 bits per heavy atom. The number of hydrogen-bond acceptors (Lipinski definition) is 4. The third-order valence-corrected chi connectivity index (χ3v) is 6.16. The van der Waals surface area contributed by atoms with Crippen molar-refractivity contribution in [2.45, 2.75) is 5.16 Å². The van der Waals surface area contributed by atoms with Gasteiger partial charge >= 0.3 is 0 Å². The van der Waals surface area contributed by atoms with Gasteiger partial charge in [-0.15, -0.1) is 0 Å². The Hall–Kier alpha value is -2.84. The Balaban J connectivity index is 1.44. The molecular formula is C22H20ClFN4O2S. The van der Waals surface area contributed by atoms with E-state index in [0.29, 0.717) is 31.7 Å². The number of amides is 2. The highest BCUT2D eigenvalue weighted by atomic mass is 35.5. The predicted molar refractivity (Wildman–Crippen MR) is 119 cm³/mol. The Morgan fingerprint density at radius 1 is 1.03 bits per heavy atom. The number of benzene rings is 2. The van der Waals surface area contributed by atoms with Gasteiger partial charge in [-0.05, 0) is 42.7 Å². The van der Waals surface area contributed by atoms with Gasteiger partial charge in [0.25, 0.3) is 11.8 Å². The minimum atomic E-state index is -0.487. The van der Waals surface area contributed by atoms with E-state index in [1.165, 1.54) is 23.9 Å². The maximum absolute atomic E-state index is 13.3. The summed E-state index contributed by atoms with van der Waals surface area (Å²) < 4.78 is 15.2. The van der Waals surface area contributed by atoms with Crippen LogP contribution in [0.25, 0.3) is 5.69 Å². The summed E-state index contributed by atoms with van der Waals surface area (Å²) >= 11 is 7.55. The van der Waals surface area contributed by atoms with E-state index < -0.39 is 5.82 Å². The van der Waals surface area contributed by atoms with E-state index in [9.17, 15) is 14.0 Å². The molecule has 0 aliphatic carbocycles. The fourth-order valence-electron chi connectivity index (χ4n) is 3.55. The molecule has 0 bridgehead atoms. The van der Waals surface area contributed by atoms with E-state index in [2.05, 4.69) is 4.98 Å². The zero-order valence-corrected chi connectivity index (χ0v) is 18.4. The summed E-state index contributed by atoms with van der Waals surface area (Å²) in [5.41, 5.74) is 1.72. The molecule has 2 heterocycles. The highest BCUT2D eigenvalue weighted by Gasteiger charge is 2.26. The maximum Gasteiger partial charge on any atom is 0.255 e. The second kappa shape index (κ2) is 9.11. The van der Waals surface area contributed by atoms with Crippen LogP contribution in [0.2, 0.25) is 5.02 Å². The Labute approximate surface area is 188 Å². The number of halogens is 2. The number of imidazole rings is 1. The third-order valence-electron chi connectivity index (χ3n) is 5.18. The molecule has 0 unspecified atom stereocenters. The largest absolute Gasteiger partial charge is 0.335 e.